The minimum Gasteiger partial charge on any atom is -0.355 e. The molecular formula is C25H19NO. The molecule has 4 aromatic rings. The Balaban J connectivity index is 1.59. The number of carbonyl (C=O) groups is 1. The average Bonchev–Trinajstić information content (AvgIpc) is 2.75. The molecule has 0 aromatic heterocycles. The van der Waals surface area contributed by atoms with Gasteiger partial charge in [0.25, 0.3) is 0 Å². The fourth-order valence-electron chi connectivity index (χ4n) is 3.07. The van der Waals surface area contributed by atoms with Crippen LogP contribution in [0.15, 0.2) is 109 Å². The molecule has 0 fully saturated rings. The lowest BCUT2D eigenvalue weighted by Gasteiger charge is -2.12. The Bertz CT molecular complexity index is 1040. The number of ketones is 1. The lowest BCUT2D eigenvalue weighted by Crippen LogP contribution is -2.05. The van der Waals surface area contributed by atoms with Crippen LogP contribution in [-0.4, -0.2) is 5.78 Å². The highest BCUT2D eigenvalue weighted by Gasteiger charge is 2.13. The Hall–Kier alpha value is -3.65. The molecule has 0 unspecified atom stereocenters. The van der Waals surface area contributed by atoms with Gasteiger partial charge in [0.15, 0.2) is 5.78 Å². The Morgan fingerprint density at radius 1 is 0.556 bits per heavy atom. The maximum absolute atomic E-state index is 12.9. The molecule has 2 heteroatoms. The molecule has 4 aromatic carbocycles. The second-order valence-corrected chi connectivity index (χ2v) is 6.31. The Labute approximate surface area is 159 Å². The van der Waals surface area contributed by atoms with Crippen molar-refractivity contribution in [1.29, 1.82) is 0 Å². The van der Waals surface area contributed by atoms with Crippen LogP contribution >= 0.6 is 0 Å². The molecule has 0 saturated carbocycles. The summed E-state index contributed by atoms with van der Waals surface area (Å²) in [4.78, 5) is 12.9. The quantitative estimate of drug-likeness (QED) is 0.427. The number of hydrogen-bond acceptors (Lipinski definition) is 2. The van der Waals surface area contributed by atoms with E-state index in [4.69, 9.17) is 0 Å². The van der Waals surface area contributed by atoms with E-state index in [1.54, 1.807) is 0 Å². The van der Waals surface area contributed by atoms with E-state index in [9.17, 15) is 4.79 Å². The Kier molecular flexibility index (Phi) is 4.80. The molecule has 0 spiro atoms. The number of anilines is 2. The summed E-state index contributed by atoms with van der Waals surface area (Å²) in [5.41, 5.74) is 5.45. The van der Waals surface area contributed by atoms with Crippen LogP contribution in [-0.2, 0) is 0 Å². The number of carbonyl (C=O) groups excluding carboxylic acids is 1. The fraction of sp³-hybridized carbons (Fsp3) is 0. The van der Waals surface area contributed by atoms with Gasteiger partial charge in [-0.3, -0.25) is 4.79 Å². The normalized spacial score (nSPS) is 10.4. The van der Waals surface area contributed by atoms with Crippen molar-refractivity contribution in [2.45, 2.75) is 0 Å². The second kappa shape index (κ2) is 7.71. The fourth-order valence-corrected chi connectivity index (χ4v) is 3.07. The first-order valence-corrected chi connectivity index (χ1v) is 8.92. The topological polar surface area (TPSA) is 29.1 Å². The molecule has 27 heavy (non-hydrogen) atoms. The molecule has 2 nitrogen and oxygen atoms in total. The van der Waals surface area contributed by atoms with E-state index in [0.29, 0.717) is 11.1 Å². The van der Waals surface area contributed by atoms with Crippen LogP contribution < -0.4 is 5.32 Å². The van der Waals surface area contributed by atoms with E-state index in [2.05, 4.69) is 29.6 Å². The van der Waals surface area contributed by atoms with E-state index in [0.717, 1.165) is 16.9 Å². The molecule has 0 amide bonds. The van der Waals surface area contributed by atoms with Crippen molar-refractivity contribution in [1.82, 2.24) is 0 Å². The summed E-state index contributed by atoms with van der Waals surface area (Å²) in [6, 6.07) is 35.5. The van der Waals surface area contributed by atoms with Gasteiger partial charge in [-0.05, 0) is 35.4 Å². The molecular weight excluding hydrogens is 330 g/mol. The molecule has 0 radical (unpaired) electrons. The summed E-state index contributed by atoms with van der Waals surface area (Å²) in [6.07, 6.45) is 0. The molecule has 0 aliphatic heterocycles. The van der Waals surface area contributed by atoms with Gasteiger partial charge in [0.2, 0.25) is 0 Å². The van der Waals surface area contributed by atoms with Crippen LogP contribution in [0.2, 0.25) is 0 Å². The lowest BCUT2D eigenvalue weighted by atomic mass is 10.0. The van der Waals surface area contributed by atoms with Crippen LogP contribution in [0.25, 0.3) is 11.1 Å². The summed E-state index contributed by atoms with van der Waals surface area (Å²) < 4.78 is 0. The molecule has 0 aliphatic rings. The van der Waals surface area contributed by atoms with Gasteiger partial charge in [0, 0.05) is 22.5 Å². The molecule has 0 heterocycles. The molecule has 4 rings (SSSR count). The predicted molar refractivity (Wildman–Crippen MR) is 111 cm³/mol. The van der Waals surface area contributed by atoms with Crippen molar-refractivity contribution >= 4 is 17.2 Å². The first kappa shape index (κ1) is 16.8. The van der Waals surface area contributed by atoms with Gasteiger partial charge in [-0.15, -0.1) is 0 Å². The second-order valence-electron chi connectivity index (χ2n) is 6.31. The van der Waals surface area contributed by atoms with E-state index in [1.807, 2.05) is 84.9 Å². The SMILES string of the molecule is O=C(c1ccccc1)c1ccccc1Nc1ccc(-c2ccccc2)cc1. The van der Waals surface area contributed by atoms with Crippen LogP contribution in [0.1, 0.15) is 15.9 Å². The van der Waals surface area contributed by atoms with Crippen molar-refractivity contribution in [3.05, 3.63) is 120 Å². The zero-order valence-electron chi connectivity index (χ0n) is 14.8. The number of hydrogen-bond donors (Lipinski definition) is 1. The molecule has 0 aliphatic carbocycles. The van der Waals surface area contributed by atoms with Crippen molar-refractivity contribution in [3.8, 4) is 11.1 Å². The molecule has 0 saturated heterocycles. The van der Waals surface area contributed by atoms with Crippen molar-refractivity contribution in [2.75, 3.05) is 5.32 Å². The minimum atomic E-state index is 0.0135. The lowest BCUT2D eigenvalue weighted by molar-refractivity contribution is 0.103. The third-order valence-electron chi connectivity index (χ3n) is 4.48. The van der Waals surface area contributed by atoms with Crippen LogP contribution in [0, 0.1) is 0 Å². The van der Waals surface area contributed by atoms with E-state index in [-0.39, 0.29) is 5.78 Å². The standard InChI is InChI=1S/C25H19NO/c27-25(21-11-5-2-6-12-21)23-13-7-8-14-24(23)26-22-17-15-20(16-18-22)19-9-3-1-4-10-19/h1-18,26H. The third-order valence-corrected chi connectivity index (χ3v) is 4.48. The highest BCUT2D eigenvalue weighted by molar-refractivity contribution is 6.12. The number of rotatable bonds is 5. The van der Waals surface area contributed by atoms with Gasteiger partial charge in [0.05, 0.1) is 0 Å². The van der Waals surface area contributed by atoms with Crippen LogP contribution in [0.5, 0.6) is 0 Å². The van der Waals surface area contributed by atoms with Gasteiger partial charge >= 0.3 is 0 Å². The molecule has 130 valence electrons. The number of nitrogens with one attached hydrogen (secondary N) is 1. The van der Waals surface area contributed by atoms with Gasteiger partial charge in [0.1, 0.15) is 0 Å². The average molecular weight is 349 g/mol. The third kappa shape index (κ3) is 3.80. The molecule has 0 bridgehead atoms. The van der Waals surface area contributed by atoms with E-state index in [1.165, 1.54) is 5.56 Å². The van der Waals surface area contributed by atoms with Gasteiger partial charge in [-0.1, -0.05) is 84.9 Å². The van der Waals surface area contributed by atoms with Gasteiger partial charge < -0.3 is 5.32 Å². The summed E-state index contributed by atoms with van der Waals surface area (Å²) in [5.74, 6) is 0.0135. The maximum atomic E-state index is 12.9. The van der Waals surface area contributed by atoms with E-state index >= 15 is 0 Å². The summed E-state index contributed by atoms with van der Waals surface area (Å²) in [5, 5.41) is 3.38. The van der Waals surface area contributed by atoms with Gasteiger partial charge in [-0.25, -0.2) is 0 Å². The highest BCUT2D eigenvalue weighted by Crippen LogP contribution is 2.26. The van der Waals surface area contributed by atoms with Crippen molar-refractivity contribution in [3.63, 3.8) is 0 Å². The zero-order valence-corrected chi connectivity index (χ0v) is 14.8. The number of benzene rings is 4. The monoisotopic (exact) mass is 349 g/mol. The van der Waals surface area contributed by atoms with Crippen molar-refractivity contribution in [2.24, 2.45) is 0 Å². The summed E-state index contributed by atoms with van der Waals surface area (Å²) in [6.45, 7) is 0. The van der Waals surface area contributed by atoms with Crippen molar-refractivity contribution < 1.29 is 4.79 Å². The largest absolute Gasteiger partial charge is 0.355 e. The van der Waals surface area contributed by atoms with Gasteiger partial charge in [-0.2, -0.15) is 0 Å². The number of para-hydroxylation sites is 1. The predicted octanol–water partition coefficient (Wildman–Crippen LogP) is 6.33. The van der Waals surface area contributed by atoms with Crippen LogP contribution in [0.3, 0.4) is 0 Å². The van der Waals surface area contributed by atoms with E-state index < -0.39 is 0 Å². The maximum Gasteiger partial charge on any atom is 0.195 e. The smallest absolute Gasteiger partial charge is 0.195 e. The first-order valence-electron chi connectivity index (χ1n) is 8.92. The minimum absolute atomic E-state index is 0.0135. The molecule has 0 atom stereocenters. The highest BCUT2D eigenvalue weighted by atomic mass is 16.1. The Morgan fingerprint density at radius 3 is 1.81 bits per heavy atom. The van der Waals surface area contributed by atoms with Crippen LogP contribution in [0.4, 0.5) is 11.4 Å². The summed E-state index contributed by atoms with van der Waals surface area (Å²) in [7, 11) is 0. The zero-order chi connectivity index (χ0) is 18.5. The summed E-state index contributed by atoms with van der Waals surface area (Å²) >= 11 is 0. The molecule has 1 N–H and O–H groups in total. The Morgan fingerprint density at radius 2 is 1.11 bits per heavy atom. The first-order chi connectivity index (χ1) is 13.3.